The minimum absolute atomic E-state index is 0.508. The van der Waals surface area contributed by atoms with E-state index in [-0.39, 0.29) is 0 Å². The molecule has 1 aromatic heterocycles. The van der Waals surface area contributed by atoms with E-state index in [4.69, 9.17) is 11.6 Å². The minimum atomic E-state index is 0.508. The van der Waals surface area contributed by atoms with Gasteiger partial charge in [-0.15, -0.1) is 0 Å². The van der Waals surface area contributed by atoms with Gasteiger partial charge in [0.25, 0.3) is 0 Å². The van der Waals surface area contributed by atoms with Crippen molar-refractivity contribution in [2.24, 2.45) is 0 Å². The van der Waals surface area contributed by atoms with Gasteiger partial charge in [0, 0.05) is 11.9 Å². The van der Waals surface area contributed by atoms with Crippen molar-refractivity contribution in [2.45, 2.75) is 19.8 Å². The molecule has 0 spiro atoms. The van der Waals surface area contributed by atoms with Crippen molar-refractivity contribution in [1.29, 1.82) is 0 Å². The molecule has 0 radical (unpaired) electrons. The highest BCUT2D eigenvalue weighted by molar-refractivity contribution is 9.10. The van der Waals surface area contributed by atoms with Crippen molar-refractivity contribution in [1.82, 2.24) is 4.98 Å². The second-order valence-electron chi connectivity index (χ2n) is 4.39. The predicted molar refractivity (Wildman–Crippen MR) is 80.8 cm³/mol. The molecule has 94 valence electrons. The van der Waals surface area contributed by atoms with Crippen LogP contribution in [0.4, 0.5) is 11.5 Å². The molecule has 0 saturated heterocycles. The first-order valence-electron chi connectivity index (χ1n) is 5.74. The molecule has 1 N–H and O–H groups in total. The van der Waals surface area contributed by atoms with Crippen LogP contribution in [-0.2, 0) is 0 Å². The van der Waals surface area contributed by atoms with E-state index in [2.05, 4.69) is 52.2 Å². The van der Waals surface area contributed by atoms with Gasteiger partial charge in [-0.25, -0.2) is 4.98 Å². The summed E-state index contributed by atoms with van der Waals surface area (Å²) in [6.45, 7) is 4.35. The Labute approximate surface area is 121 Å². The van der Waals surface area contributed by atoms with Gasteiger partial charge in [0.2, 0.25) is 0 Å². The van der Waals surface area contributed by atoms with Gasteiger partial charge in [0.05, 0.1) is 9.50 Å². The fourth-order valence-electron chi connectivity index (χ4n) is 1.62. The minimum Gasteiger partial charge on any atom is -0.339 e. The zero-order chi connectivity index (χ0) is 13.1. The van der Waals surface area contributed by atoms with E-state index in [0.717, 1.165) is 16.0 Å². The third-order valence-corrected chi connectivity index (χ3v) is 3.44. The van der Waals surface area contributed by atoms with Crippen molar-refractivity contribution < 1.29 is 0 Å². The molecule has 1 heterocycles. The number of rotatable bonds is 3. The van der Waals surface area contributed by atoms with Crippen molar-refractivity contribution in [3.63, 3.8) is 0 Å². The summed E-state index contributed by atoms with van der Waals surface area (Å²) in [6, 6.07) is 10.1. The molecule has 18 heavy (non-hydrogen) atoms. The maximum Gasteiger partial charge on any atom is 0.144 e. The molecule has 2 rings (SSSR count). The van der Waals surface area contributed by atoms with Crippen LogP contribution < -0.4 is 5.32 Å². The molecular formula is C14H14BrClN2. The lowest BCUT2D eigenvalue weighted by atomic mass is 10.0. The monoisotopic (exact) mass is 324 g/mol. The summed E-state index contributed by atoms with van der Waals surface area (Å²) in [7, 11) is 0. The van der Waals surface area contributed by atoms with Crippen molar-refractivity contribution in [2.75, 3.05) is 5.32 Å². The fraction of sp³-hybridized carbons (Fsp3) is 0.214. The fourth-order valence-corrected chi connectivity index (χ4v) is 2.36. The SMILES string of the molecule is CC(C)c1cccc(Nc2ncc(Cl)cc2Br)c1. The van der Waals surface area contributed by atoms with Gasteiger partial charge in [0.1, 0.15) is 5.82 Å². The highest BCUT2D eigenvalue weighted by Gasteiger charge is 2.04. The lowest BCUT2D eigenvalue weighted by Crippen LogP contribution is -1.96. The molecule has 0 aliphatic heterocycles. The third kappa shape index (κ3) is 3.24. The van der Waals surface area contributed by atoms with Gasteiger partial charge in [-0.1, -0.05) is 37.6 Å². The van der Waals surface area contributed by atoms with Gasteiger partial charge in [-0.3, -0.25) is 0 Å². The smallest absolute Gasteiger partial charge is 0.144 e. The Bertz CT molecular complexity index is 555. The molecule has 1 aromatic carbocycles. The summed E-state index contributed by atoms with van der Waals surface area (Å²) in [5.74, 6) is 1.27. The number of hydrogen-bond acceptors (Lipinski definition) is 2. The van der Waals surface area contributed by atoms with Gasteiger partial charge in [0.15, 0.2) is 0 Å². The van der Waals surface area contributed by atoms with Gasteiger partial charge >= 0.3 is 0 Å². The number of aromatic nitrogens is 1. The van der Waals surface area contributed by atoms with Gasteiger partial charge < -0.3 is 5.32 Å². The van der Waals surface area contributed by atoms with E-state index in [1.807, 2.05) is 18.2 Å². The largest absolute Gasteiger partial charge is 0.339 e. The van der Waals surface area contributed by atoms with Crippen LogP contribution in [0.15, 0.2) is 41.0 Å². The van der Waals surface area contributed by atoms with Crippen LogP contribution in [0, 0.1) is 0 Å². The van der Waals surface area contributed by atoms with Crippen LogP contribution in [0.25, 0.3) is 0 Å². The molecule has 4 heteroatoms. The Morgan fingerprint density at radius 2 is 2.06 bits per heavy atom. The molecule has 0 saturated carbocycles. The Morgan fingerprint density at radius 1 is 1.28 bits per heavy atom. The van der Waals surface area contributed by atoms with E-state index in [1.165, 1.54) is 5.56 Å². The van der Waals surface area contributed by atoms with Crippen LogP contribution in [-0.4, -0.2) is 4.98 Å². The number of hydrogen-bond donors (Lipinski definition) is 1. The van der Waals surface area contributed by atoms with Crippen molar-refractivity contribution in [3.8, 4) is 0 Å². The lowest BCUT2D eigenvalue weighted by molar-refractivity contribution is 0.867. The first-order chi connectivity index (χ1) is 8.56. The van der Waals surface area contributed by atoms with E-state index in [9.17, 15) is 0 Å². The quantitative estimate of drug-likeness (QED) is 0.821. The first-order valence-corrected chi connectivity index (χ1v) is 6.91. The van der Waals surface area contributed by atoms with Crippen molar-refractivity contribution >= 4 is 39.0 Å². The number of benzene rings is 1. The molecule has 2 aromatic rings. The number of nitrogens with zero attached hydrogens (tertiary/aromatic N) is 1. The van der Waals surface area contributed by atoms with Crippen molar-refractivity contribution in [3.05, 3.63) is 51.6 Å². The first kappa shape index (κ1) is 13.4. The Kier molecular flexibility index (Phi) is 4.25. The number of nitrogens with one attached hydrogen (secondary N) is 1. The van der Waals surface area contributed by atoms with Gasteiger partial charge in [-0.05, 0) is 45.6 Å². The van der Waals surface area contributed by atoms with Crippen LogP contribution in [0.3, 0.4) is 0 Å². The zero-order valence-corrected chi connectivity index (χ0v) is 12.6. The molecule has 0 atom stereocenters. The Hall–Kier alpha value is -1.06. The van der Waals surface area contributed by atoms with E-state index in [0.29, 0.717) is 10.9 Å². The van der Waals surface area contributed by atoms with Crippen LogP contribution in [0.5, 0.6) is 0 Å². The third-order valence-electron chi connectivity index (χ3n) is 2.62. The second-order valence-corrected chi connectivity index (χ2v) is 5.68. The Morgan fingerprint density at radius 3 is 2.72 bits per heavy atom. The summed E-state index contributed by atoms with van der Waals surface area (Å²) in [5, 5.41) is 3.89. The Balaban J connectivity index is 2.25. The molecule has 0 amide bonds. The average molecular weight is 326 g/mol. The summed E-state index contributed by atoms with van der Waals surface area (Å²) in [6.07, 6.45) is 1.63. The molecule has 0 unspecified atom stereocenters. The number of pyridine rings is 1. The number of halogens is 2. The highest BCUT2D eigenvalue weighted by Crippen LogP contribution is 2.27. The van der Waals surface area contributed by atoms with Crippen LogP contribution in [0.2, 0.25) is 5.02 Å². The molecular weight excluding hydrogens is 312 g/mol. The molecule has 0 aliphatic rings. The average Bonchev–Trinajstić information content (AvgIpc) is 2.33. The maximum atomic E-state index is 5.87. The molecule has 0 fully saturated rings. The van der Waals surface area contributed by atoms with E-state index >= 15 is 0 Å². The predicted octanol–water partition coefficient (Wildman–Crippen LogP) is 5.36. The highest BCUT2D eigenvalue weighted by atomic mass is 79.9. The molecule has 2 nitrogen and oxygen atoms in total. The summed E-state index contributed by atoms with van der Waals surface area (Å²) in [5.41, 5.74) is 2.32. The summed E-state index contributed by atoms with van der Waals surface area (Å²) in [4.78, 5) is 4.26. The zero-order valence-electron chi connectivity index (χ0n) is 10.2. The van der Waals surface area contributed by atoms with Gasteiger partial charge in [-0.2, -0.15) is 0 Å². The second kappa shape index (κ2) is 5.72. The van der Waals surface area contributed by atoms with E-state index < -0.39 is 0 Å². The van der Waals surface area contributed by atoms with E-state index in [1.54, 1.807) is 6.20 Å². The van der Waals surface area contributed by atoms with Crippen LogP contribution >= 0.6 is 27.5 Å². The summed E-state index contributed by atoms with van der Waals surface area (Å²) < 4.78 is 0.852. The van der Waals surface area contributed by atoms with Crippen LogP contribution in [0.1, 0.15) is 25.3 Å². The molecule has 0 bridgehead atoms. The number of anilines is 2. The molecule has 0 aliphatic carbocycles. The topological polar surface area (TPSA) is 24.9 Å². The standard InChI is InChI=1S/C14H14BrClN2/c1-9(2)10-4-3-5-12(6-10)18-14-13(15)7-11(16)8-17-14/h3-9H,1-2H3,(H,17,18). The lowest BCUT2D eigenvalue weighted by Gasteiger charge is -2.11. The normalized spacial score (nSPS) is 10.7. The maximum absolute atomic E-state index is 5.87. The summed E-state index contributed by atoms with van der Waals surface area (Å²) >= 11 is 9.31.